The van der Waals surface area contributed by atoms with Crippen molar-refractivity contribution >= 4 is 5.97 Å². The normalized spacial score (nSPS) is 10.6. The largest absolute Gasteiger partial charge is 0.478 e. The van der Waals surface area contributed by atoms with Crippen LogP contribution < -0.4 is 0 Å². The van der Waals surface area contributed by atoms with E-state index in [2.05, 4.69) is 15.4 Å². The maximum Gasteiger partial charge on any atom is 0.335 e. The van der Waals surface area contributed by atoms with Crippen molar-refractivity contribution in [3.05, 3.63) is 59.2 Å². The number of nitrogens with zero attached hydrogens (tertiary/aromatic N) is 4. The zero-order valence-electron chi connectivity index (χ0n) is 12.2. The smallest absolute Gasteiger partial charge is 0.335 e. The Kier molecular flexibility index (Phi) is 3.42. The van der Waals surface area contributed by atoms with Gasteiger partial charge in [-0.25, -0.2) is 4.79 Å². The van der Waals surface area contributed by atoms with E-state index in [-0.39, 0.29) is 5.56 Å². The average molecular weight is 294 g/mol. The molecule has 1 aromatic heterocycles. The van der Waals surface area contributed by atoms with Gasteiger partial charge in [-0.05, 0) is 42.3 Å². The van der Waals surface area contributed by atoms with E-state index in [1.54, 1.807) is 12.1 Å². The number of carbonyl (C=O) groups is 1. The maximum absolute atomic E-state index is 10.9. The molecule has 110 valence electrons. The van der Waals surface area contributed by atoms with Gasteiger partial charge in [-0.2, -0.15) is 0 Å². The molecule has 0 aliphatic carbocycles. The summed E-state index contributed by atoms with van der Waals surface area (Å²) in [4.78, 5) is 12.4. The van der Waals surface area contributed by atoms with Crippen molar-refractivity contribution in [1.29, 1.82) is 0 Å². The van der Waals surface area contributed by atoms with Crippen LogP contribution in [0.5, 0.6) is 0 Å². The molecule has 6 heteroatoms. The van der Waals surface area contributed by atoms with Crippen molar-refractivity contribution in [1.82, 2.24) is 20.2 Å². The van der Waals surface area contributed by atoms with Gasteiger partial charge in [0.1, 0.15) is 0 Å². The quantitative estimate of drug-likeness (QED) is 0.803. The van der Waals surface area contributed by atoms with E-state index in [1.807, 2.05) is 32.0 Å². The molecule has 0 saturated carbocycles. The van der Waals surface area contributed by atoms with E-state index < -0.39 is 5.97 Å². The van der Waals surface area contributed by atoms with Gasteiger partial charge in [0.2, 0.25) is 5.82 Å². The van der Waals surface area contributed by atoms with Crippen LogP contribution in [0.3, 0.4) is 0 Å². The molecule has 0 radical (unpaired) electrons. The number of aromatic carboxylic acids is 1. The van der Waals surface area contributed by atoms with Gasteiger partial charge in [-0.1, -0.05) is 30.3 Å². The van der Waals surface area contributed by atoms with Gasteiger partial charge in [-0.15, -0.1) is 15.0 Å². The summed E-state index contributed by atoms with van der Waals surface area (Å²) in [6.07, 6.45) is 0. The summed E-state index contributed by atoms with van der Waals surface area (Å²) in [6, 6.07) is 12.4. The molecule has 0 aliphatic rings. The van der Waals surface area contributed by atoms with Gasteiger partial charge >= 0.3 is 5.97 Å². The second-order valence-electron chi connectivity index (χ2n) is 5.03. The van der Waals surface area contributed by atoms with Crippen LogP contribution in [-0.4, -0.2) is 31.3 Å². The molecule has 0 atom stereocenters. The summed E-state index contributed by atoms with van der Waals surface area (Å²) in [6.45, 7) is 3.99. The molecule has 1 heterocycles. The second kappa shape index (κ2) is 5.40. The standard InChI is InChI=1S/C16H14N4O2/c1-10-4-3-5-11(2)14(10)20-18-15(17-19-20)12-6-8-13(9-7-12)16(21)22/h3-9H,1-2H3,(H,21,22). The molecular weight excluding hydrogens is 280 g/mol. The van der Waals surface area contributed by atoms with Crippen LogP contribution in [0.4, 0.5) is 0 Å². The van der Waals surface area contributed by atoms with Crippen molar-refractivity contribution in [3.63, 3.8) is 0 Å². The number of tetrazole rings is 1. The molecule has 0 amide bonds. The molecule has 6 nitrogen and oxygen atoms in total. The number of hydrogen-bond donors (Lipinski definition) is 1. The number of carboxylic acid groups (broad SMARTS) is 1. The number of aryl methyl sites for hydroxylation is 2. The number of aromatic nitrogens is 4. The molecular formula is C16H14N4O2. The van der Waals surface area contributed by atoms with Crippen LogP contribution in [0.25, 0.3) is 17.1 Å². The summed E-state index contributed by atoms with van der Waals surface area (Å²) in [5.41, 5.74) is 3.98. The molecule has 3 rings (SSSR count). The highest BCUT2D eigenvalue weighted by Gasteiger charge is 2.11. The minimum atomic E-state index is -0.960. The van der Waals surface area contributed by atoms with E-state index in [4.69, 9.17) is 5.11 Å². The van der Waals surface area contributed by atoms with Gasteiger partial charge in [0, 0.05) is 5.56 Å². The summed E-state index contributed by atoms with van der Waals surface area (Å²) >= 11 is 0. The summed E-state index contributed by atoms with van der Waals surface area (Å²) in [7, 11) is 0. The predicted molar refractivity (Wildman–Crippen MR) is 81.0 cm³/mol. The number of hydrogen-bond acceptors (Lipinski definition) is 4. The van der Waals surface area contributed by atoms with E-state index in [9.17, 15) is 4.79 Å². The molecule has 0 bridgehead atoms. The van der Waals surface area contributed by atoms with Gasteiger partial charge < -0.3 is 5.11 Å². The molecule has 1 N–H and O–H groups in total. The van der Waals surface area contributed by atoms with Crippen molar-refractivity contribution in [3.8, 4) is 17.1 Å². The topological polar surface area (TPSA) is 80.9 Å². The molecule has 0 aliphatic heterocycles. The molecule has 0 fully saturated rings. The summed E-state index contributed by atoms with van der Waals surface area (Å²) in [5, 5.41) is 21.5. The fourth-order valence-electron chi connectivity index (χ4n) is 2.31. The predicted octanol–water partition coefficient (Wildman–Crippen LogP) is 2.64. The van der Waals surface area contributed by atoms with E-state index in [0.29, 0.717) is 5.82 Å². The third kappa shape index (κ3) is 2.46. The molecule has 0 saturated heterocycles. The lowest BCUT2D eigenvalue weighted by Crippen LogP contribution is -2.04. The fraction of sp³-hybridized carbons (Fsp3) is 0.125. The average Bonchev–Trinajstić information content (AvgIpc) is 2.97. The third-order valence-corrected chi connectivity index (χ3v) is 3.44. The SMILES string of the molecule is Cc1cccc(C)c1-n1nnc(-c2ccc(C(=O)O)cc2)n1. The van der Waals surface area contributed by atoms with Crippen LogP contribution in [-0.2, 0) is 0 Å². The van der Waals surface area contributed by atoms with Gasteiger partial charge in [0.15, 0.2) is 0 Å². The van der Waals surface area contributed by atoms with E-state index >= 15 is 0 Å². The van der Waals surface area contributed by atoms with Crippen molar-refractivity contribution in [2.45, 2.75) is 13.8 Å². The highest BCUT2D eigenvalue weighted by atomic mass is 16.4. The van der Waals surface area contributed by atoms with Gasteiger partial charge in [0.25, 0.3) is 0 Å². The van der Waals surface area contributed by atoms with E-state index in [1.165, 1.54) is 16.9 Å². The zero-order chi connectivity index (χ0) is 15.7. The molecule has 2 aromatic carbocycles. The first kappa shape index (κ1) is 13.9. The van der Waals surface area contributed by atoms with Crippen molar-refractivity contribution in [2.24, 2.45) is 0 Å². The Balaban J connectivity index is 1.99. The monoisotopic (exact) mass is 294 g/mol. The molecule has 22 heavy (non-hydrogen) atoms. The Morgan fingerprint density at radius 2 is 1.68 bits per heavy atom. The number of benzene rings is 2. The Labute approximate surface area is 127 Å². The minimum absolute atomic E-state index is 0.228. The Morgan fingerprint density at radius 3 is 2.27 bits per heavy atom. The lowest BCUT2D eigenvalue weighted by molar-refractivity contribution is 0.0697. The molecule has 3 aromatic rings. The second-order valence-corrected chi connectivity index (χ2v) is 5.03. The molecule has 0 unspecified atom stereocenters. The Morgan fingerprint density at radius 1 is 1.05 bits per heavy atom. The summed E-state index contributed by atoms with van der Waals surface area (Å²) in [5.74, 6) is -0.502. The Bertz CT molecular complexity index is 817. The highest BCUT2D eigenvalue weighted by Crippen LogP contribution is 2.19. The molecule has 0 spiro atoms. The first-order valence-corrected chi connectivity index (χ1v) is 6.76. The lowest BCUT2D eigenvalue weighted by Gasteiger charge is -2.06. The number of para-hydroxylation sites is 1. The zero-order valence-corrected chi connectivity index (χ0v) is 12.2. The van der Waals surface area contributed by atoms with Gasteiger partial charge in [-0.3, -0.25) is 0 Å². The van der Waals surface area contributed by atoms with Crippen LogP contribution in [0.15, 0.2) is 42.5 Å². The number of carboxylic acids is 1. The van der Waals surface area contributed by atoms with Crippen molar-refractivity contribution in [2.75, 3.05) is 0 Å². The summed E-state index contributed by atoms with van der Waals surface area (Å²) < 4.78 is 0. The lowest BCUT2D eigenvalue weighted by atomic mass is 10.1. The van der Waals surface area contributed by atoms with Crippen molar-refractivity contribution < 1.29 is 9.90 Å². The van der Waals surface area contributed by atoms with Crippen LogP contribution in [0.1, 0.15) is 21.5 Å². The Hall–Kier alpha value is -3.02. The van der Waals surface area contributed by atoms with E-state index in [0.717, 1.165) is 22.4 Å². The first-order chi connectivity index (χ1) is 10.6. The fourth-order valence-corrected chi connectivity index (χ4v) is 2.31. The van der Waals surface area contributed by atoms with Crippen LogP contribution >= 0.6 is 0 Å². The van der Waals surface area contributed by atoms with Crippen LogP contribution in [0.2, 0.25) is 0 Å². The van der Waals surface area contributed by atoms with Gasteiger partial charge in [0.05, 0.1) is 11.3 Å². The highest BCUT2D eigenvalue weighted by molar-refractivity contribution is 5.88. The van der Waals surface area contributed by atoms with Crippen LogP contribution in [0, 0.1) is 13.8 Å². The first-order valence-electron chi connectivity index (χ1n) is 6.76. The third-order valence-electron chi connectivity index (χ3n) is 3.44. The number of rotatable bonds is 3. The minimum Gasteiger partial charge on any atom is -0.478 e. The maximum atomic E-state index is 10.9.